The standard InChI is InChI=1S/C9H9BF3O2/c1-6-4-3-5-7(9(14)15-2)8(6)10(11,12)13/h3-5H,1-2H3/q-1. The smallest absolute Gasteiger partial charge is 0.465 e. The lowest BCUT2D eigenvalue weighted by Crippen LogP contribution is -2.40. The molecule has 6 heteroatoms. The molecule has 0 saturated carbocycles. The number of methoxy groups -OCH3 is 1. The molecule has 1 aromatic carbocycles. The minimum Gasteiger partial charge on any atom is -0.465 e. The molecule has 1 rings (SSSR count). The van der Waals surface area contributed by atoms with Crippen LogP contribution < -0.4 is 5.46 Å². The molecule has 2 nitrogen and oxygen atoms in total. The molecule has 0 aliphatic rings. The van der Waals surface area contributed by atoms with Crippen molar-refractivity contribution in [1.29, 1.82) is 0 Å². The minimum absolute atomic E-state index is 0.0328. The van der Waals surface area contributed by atoms with Gasteiger partial charge in [0.05, 0.1) is 7.11 Å². The summed E-state index contributed by atoms with van der Waals surface area (Å²) in [6.07, 6.45) is 0. The number of ether oxygens (including phenoxy) is 1. The van der Waals surface area contributed by atoms with Gasteiger partial charge in [0.1, 0.15) is 0 Å². The normalized spacial score (nSPS) is 11.3. The van der Waals surface area contributed by atoms with Gasteiger partial charge in [0.25, 0.3) is 0 Å². The van der Waals surface area contributed by atoms with E-state index in [1.165, 1.54) is 19.1 Å². The van der Waals surface area contributed by atoms with Crippen LogP contribution in [0.3, 0.4) is 0 Å². The number of esters is 1. The molecular formula is C9H9BF3O2-. The maximum Gasteiger partial charge on any atom is 0.510 e. The van der Waals surface area contributed by atoms with Crippen molar-refractivity contribution >= 4 is 18.4 Å². The SMILES string of the molecule is COC(=O)c1cccc(C)c1[B-](F)(F)F. The van der Waals surface area contributed by atoms with Crippen LogP contribution in [0.25, 0.3) is 0 Å². The van der Waals surface area contributed by atoms with Crippen molar-refractivity contribution in [1.82, 2.24) is 0 Å². The molecule has 0 bridgehead atoms. The third kappa shape index (κ3) is 2.32. The molecule has 0 aromatic heterocycles. The highest BCUT2D eigenvalue weighted by molar-refractivity contribution is 6.75. The van der Waals surface area contributed by atoms with Crippen LogP contribution in [0.5, 0.6) is 0 Å². The van der Waals surface area contributed by atoms with Crippen molar-refractivity contribution in [3.05, 3.63) is 29.3 Å². The van der Waals surface area contributed by atoms with Gasteiger partial charge in [0, 0.05) is 5.56 Å². The molecule has 0 aliphatic carbocycles. The first-order chi connectivity index (χ1) is 6.88. The monoisotopic (exact) mass is 217 g/mol. The quantitative estimate of drug-likeness (QED) is 0.557. The molecule has 0 N–H and O–H groups in total. The zero-order valence-corrected chi connectivity index (χ0v) is 8.26. The Morgan fingerprint density at radius 2 is 1.93 bits per heavy atom. The summed E-state index contributed by atoms with van der Waals surface area (Å²) in [4.78, 5) is 11.1. The van der Waals surface area contributed by atoms with E-state index in [9.17, 15) is 17.7 Å². The van der Waals surface area contributed by atoms with Gasteiger partial charge in [-0.05, 0) is 6.92 Å². The van der Waals surface area contributed by atoms with Gasteiger partial charge >= 0.3 is 12.9 Å². The van der Waals surface area contributed by atoms with E-state index in [-0.39, 0.29) is 5.56 Å². The minimum atomic E-state index is -5.20. The van der Waals surface area contributed by atoms with E-state index in [0.717, 1.165) is 13.2 Å². The molecule has 0 fully saturated rings. The highest BCUT2D eigenvalue weighted by atomic mass is 19.4. The zero-order chi connectivity index (χ0) is 11.6. The average molecular weight is 217 g/mol. The van der Waals surface area contributed by atoms with Crippen LogP contribution in [0.4, 0.5) is 12.9 Å². The maximum atomic E-state index is 12.7. The van der Waals surface area contributed by atoms with E-state index in [2.05, 4.69) is 4.74 Å². The van der Waals surface area contributed by atoms with Crippen molar-refractivity contribution in [3.63, 3.8) is 0 Å². The summed E-state index contributed by atoms with van der Waals surface area (Å²) in [6.45, 7) is -3.89. The Hall–Kier alpha value is -1.46. The fourth-order valence-electron chi connectivity index (χ4n) is 1.40. The highest BCUT2D eigenvalue weighted by Crippen LogP contribution is 2.15. The number of carbonyl (C=O) groups is 1. The second-order valence-corrected chi connectivity index (χ2v) is 3.10. The topological polar surface area (TPSA) is 26.3 Å². The van der Waals surface area contributed by atoms with Crippen molar-refractivity contribution < 1.29 is 22.5 Å². The van der Waals surface area contributed by atoms with Gasteiger partial charge in [-0.25, -0.2) is 4.79 Å². The summed E-state index contributed by atoms with van der Waals surface area (Å²) in [5, 5.41) is 0. The number of aryl methyl sites for hydroxylation is 1. The Labute approximate surface area is 85.1 Å². The van der Waals surface area contributed by atoms with Crippen LogP contribution in [0, 0.1) is 6.92 Å². The zero-order valence-electron chi connectivity index (χ0n) is 8.26. The van der Waals surface area contributed by atoms with E-state index < -0.39 is 24.0 Å². The number of halogens is 3. The van der Waals surface area contributed by atoms with Gasteiger partial charge < -0.3 is 17.7 Å². The first-order valence-corrected chi connectivity index (χ1v) is 4.25. The number of benzene rings is 1. The largest absolute Gasteiger partial charge is 0.510 e. The molecular weight excluding hydrogens is 208 g/mol. The van der Waals surface area contributed by atoms with Crippen LogP contribution in [0.2, 0.25) is 0 Å². The average Bonchev–Trinajstić information content (AvgIpc) is 2.14. The predicted molar refractivity (Wildman–Crippen MR) is 51.2 cm³/mol. The number of carbonyl (C=O) groups excluding carboxylic acids is 1. The Kier molecular flexibility index (Phi) is 3.07. The Bertz CT molecular complexity index is 387. The van der Waals surface area contributed by atoms with Crippen LogP contribution >= 0.6 is 0 Å². The first kappa shape index (κ1) is 11.6. The molecule has 1 aromatic rings. The van der Waals surface area contributed by atoms with Gasteiger partial charge in [-0.15, -0.1) is 0 Å². The molecule has 0 saturated heterocycles. The number of hydrogen-bond donors (Lipinski definition) is 0. The second kappa shape index (κ2) is 3.96. The fraction of sp³-hybridized carbons (Fsp3) is 0.222. The van der Waals surface area contributed by atoms with Crippen LogP contribution in [-0.4, -0.2) is 20.1 Å². The molecule has 0 atom stereocenters. The number of rotatable bonds is 2. The van der Waals surface area contributed by atoms with E-state index in [0.29, 0.717) is 0 Å². The third-order valence-corrected chi connectivity index (χ3v) is 2.06. The Balaban J connectivity index is 3.40. The van der Waals surface area contributed by atoms with Gasteiger partial charge in [-0.3, -0.25) is 0 Å². The second-order valence-electron chi connectivity index (χ2n) is 3.10. The summed E-state index contributed by atoms with van der Waals surface area (Å²) >= 11 is 0. The van der Waals surface area contributed by atoms with Crippen LogP contribution in [-0.2, 0) is 4.74 Å². The highest BCUT2D eigenvalue weighted by Gasteiger charge is 2.32. The molecule has 0 aliphatic heterocycles. The predicted octanol–water partition coefficient (Wildman–Crippen LogP) is 1.84. The molecule has 0 unspecified atom stereocenters. The van der Waals surface area contributed by atoms with Crippen LogP contribution in [0.1, 0.15) is 15.9 Å². The molecule has 82 valence electrons. The molecule has 0 amide bonds. The molecule has 0 heterocycles. The first-order valence-electron chi connectivity index (χ1n) is 4.25. The summed E-state index contributed by atoms with van der Waals surface area (Å²) in [6, 6.07) is 3.83. The summed E-state index contributed by atoms with van der Waals surface area (Å²) in [7, 11) is 1.05. The Morgan fingerprint density at radius 1 is 1.33 bits per heavy atom. The van der Waals surface area contributed by atoms with E-state index in [1.54, 1.807) is 0 Å². The summed E-state index contributed by atoms with van der Waals surface area (Å²) in [5.74, 6) is -0.965. The van der Waals surface area contributed by atoms with Gasteiger partial charge in [0.15, 0.2) is 0 Å². The Morgan fingerprint density at radius 3 is 2.40 bits per heavy atom. The number of hydrogen-bond acceptors (Lipinski definition) is 2. The van der Waals surface area contributed by atoms with Gasteiger partial charge in [-0.2, -0.15) is 0 Å². The molecule has 15 heavy (non-hydrogen) atoms. The van der Waals surface area contributed by atoms with Gasteiger partial charge in [-0.1, -0.05) is 29.2 Å². The fourth-order valence-corrected chi connectivity index (χ4v) is 1.40. The van der Waals surface area contributed by atoms with E-state index >= 15 is 0 Å². The van der Waals surface area contributed by atoms with Crippen molar-refractivity contribution in [2.75, 3.05) is 7.11 Å². The van der Waals surface area contributed by atoms with E-state index in [4.69, 9.17) is 0 Å². The van der Waals surface area contributed by atoms with Crippen molar-refractivity contribution in [2.45, 2.75) is 6.92 Å². The molecule has 0 radical (unpaired) electrons. The van der Waals surface area contributed by atoms with Crippen molar-refractivity contribution in [2.24, 2.45) is 0 Å². The van der Waals surface area contributed by atoms with Gasteiger partial charge in [0.2, 0.25) is 0 Å². The van der Waals surface area contributed by atoms with Crippen molar-refractivity contribution in [3.8, 4) is 0 Å². The lowest BCUT2D eigenvalue weighted by molar-refractivity contribution is 0.0601. The third-order valence-electron chi connectivity index (χ3n) is 2.06. The lowest BCUT2D eigenvalue weighted by Gasteiger charge is -2.20. The summed E-state index contributed by atoms with van der Waals surface area (Å²) in [5.41, 5.74) is -1.26. The van der Waals surface area contributed by atoms with Crippen LogP contribution in [0.15, 0.2) is 18.2 Å². The lowest BCUT2D eigenvalue weighted by atomic mass is 9.74. The summed E-state index contributed by atoms with van der Waals surface area (Å²) < 4.78 is 42.3. The maximum absolute atomic E-state index is 12.7. The van der Waals surface area contributed by atoms with E-state index in [1.807, 2.05) is 0 Å². The molecule has 0 spiro atoms.